The summed E-state index contributed by atoms with van der Waals surface area (Å²) in [5, 5.41) is 3.40. The third-order valence-corrected chi connectivity index (χ3v) is 8.45. The number of aryl methyl sites for hydroxylation is 2. The molecule has 174 valence electrons. The number of rotatable bonds is 7. The standard InChI is InChI=1S/C26H24N2O4S2/c1-16-7-11-18(12-8-16)23(29)24-22(27)25(34(30,31)21-13-9-17(2)10-14-21)26(33-24)28-19-5-4-6-20(15-19)32-3/h4-15,28H,27H2,1-3H3. The Balaban J connectivity index is 1.87. The molecule has 0 aliphatic carbocycles. The largest absolute Gasteiger partial charge is 0.497 e. The fourth-order valence-corrected chi connectivity index (χ4v) is 6.38. The van der Waals surface area contributed by atoms with E-state index in [1.165, 1.54) is 0 Å². The summed E-state index contributed by atoms with van der Waals surface area (Å²) in [6, 6.07) is 20.7. The molecule has 8 heteroatoms. The summed E-state index contributed by atoms with van der Waals surface area (Å²) in [5.74, 6) is 0.273. The average molecular weight is 493 g/mol. The zero-order valence-electron chi connectivity index (χ0n) is 19.0. The van der Waals surface area contributed by atoms with Gasteiger partial charge in [-0.1, -0.05) is 53.6 Å². The second-order valence-corrected chi connectivity index (χ2v) is 10.8. The van der Waals surface area contributed by atoms with E-state index in [1.54, 1.807) is 67.8 Å². The lowest BCUT2D eigenvalue weighted by molar-refractivity contribution is 0.104. The molecular weight excluding hydrogens is 468 g/mol. The highest BCUT2D eigenvalue weighted by Crippen LogP contribution is 2.44. The minimum absolute atomic E-state index is 0.0680. The third kappa shape index (κ3) is 4.55. The molecule has 6 nitrogen and oxygen atoms in total. The van der Waals surface area contributed by atoms with Crippen molar-refractivity contribution in [3.05, 3.63) is 94.4 Å². The SMILES string of the molecule is COc1cccc(Nc2sc(C(=O)c3ccc(C)cc3)c(N)c2S(=O)(=O)c2ccc(C)cc2)c1. The minimum atomic E-state index is -4.01. The lowest BCUT2D eigenvalue weighted by Crippen LogP contribution is -2.08. The first kappa shape index (κ1) is 23.5. The Morgan fingerprint density at radius 1 is 0.941 bits per heavy atom. The van der Waals surface area contributed by atoms with E-state index in [-0.39, 0.29) is 31.1 Å². The van der Waals surface area contributed by atoms with Gasteiger partial charge in [0.25, 0.3) is 0 Å². The van der Waals surface area contributed by atoms with Crippen LogP contribution in [-0.4, -0.2) is 21.3 Å². The molecule has 0 unspecified atom stereocenters. The Labute approximate surface area is 202 Å². The lowest BCUT2D eigenvalue weighted by atomic mass is 10.1. The van der Waals surface area contributed by atoms with Crippen molar-refractivity contribution in [1.82, 2.24) is 0 Å². The molecule has 3 N–H and O–H groups in total. The molecule has 0 radical (unpaired) electrons. The van der Waals surface area contributed by atoms with Crippen LogP contribution >= 0.6 is 11.3 Å². The van der Waals surface area contributed by atoms with Crippen molar-refractivity contribution in [3.63, 3.8) is 0 Å². The van der Waals surface area contributed by atoms with Gasteiger partial charge in [0, 0.05) is 17.3 Å². The first-order chi connectivity index (χ1) is 16.2. The summed E-state index contributed by atoms with van der Waals surface area (Å²) in [6.45, 7) is 3.81. The number of anilines is 3. The number of ether oxygens (including phenoxy) is 1. The molecule has 0 atom stereocenters. The minimum Gasteiger partial charge on any atom is -0.497 e. The molecule has 1 heterocycles. The number of carbonyl (C=O) groups is 1. The Morgan fingerprint density at radius 2 is 1.56 bits per heavy atom. The second-order valence-electron chi connectivity index (χ2n) is 7.87. The van der Waals surface area contributed by atoms with E-state index in [4.69, 9.17) is 10.5 Å². The van der Waals surface area contributed by atoms with Crippen LogP contribution < -0.4 is 15.8 Å². The molecule has 4 rings (SSSR count). The van der Waals surface area contributed by atoms with Gasteiger partial charge in [0.2, 0.25) is 15.6 Å². The van der Waals surface area contributed by atoms with Gasteiger partial charge in [0.05, 0.1) is 17.7 Å². The van der Waals surface area contributed by atoms with Crippen LogP contribution in [0.15, 0.2) is 82.6 Å². The summed E-state index contributed by atoms with van der Waals surface area (Å²) in [4.78, 5) is 13.5. The van der Waals surface area contributed by atoms with Gasteiger partial charge in [-0.25, -0.2) is 8.42 Å². The second kappa shape index (κ2) is 9.32. The number of sulfone groups is 1. The number of benzene rings is 3. The van der Waals surface area contributed by atoms with Crippen LogP contribution in [0.2, 0.25) is 0 Å². The van der Waals surface area contributed by atoms with Gasteiger partial charge in [-0.15, -0.1) is 11.3 Å². The summed E-state index contributed by atoms with van der Waals surface area (Å²) in [5.41, 5.74) is 9.30. The topological polar surface area (TPSA) is 98.5 Å². The molecule has 4 aromatic rings. The van der Waals surface area contributed by atoms with Crippen LogP contribution in [0.25, 0.3) is 0 Å². The van der Waals surface area contributed by atoms with Gasteiger partial charge in [-0.2, -0.15) is 0 Å². The van der Waals surface area contributed by atoms with E-state index in [0.717, 1.165) is 22.5 Å². The van der Waals surface area contributed by atoms with Gasteiger partial charge < -0.3 is 15.8 Å². The maximum Gasteiger partial charge on any atom is 0.211 e. The van der Waals surface area contributed by atoms with Crippen molar-refractivity contribution >= 4 is 43.3 Å². The predicted molar refractivity (Wildman–Crippen MR) is 136 cm³/mol. The molecule has 0 fully saturated rings. The van der Waals surface area contributed by atoms with Gasteiger partial charge in [-0.3, -0.25) is 4.79 Å². The van der Waals surface area contributed by atoms with Crippen molar-refractivity contribution in [2.75, 3.05) is 18.2 Å². The number of nitrogen functional groups attached to an aromatic ring is 1. The highest BCUT2D eigenvalue weighted by atomic mass is 32.2. The number of ketones is 1. The molecule has 3 aromatic carbocycles. The molecule has 0 spiro atoms. The molecule has 0 saturated carbocycles. The van der Waals surface area contributed by atoms with E-state index in [0.29, 0.717) is 17.0 Å². The van der Waals surface area contributed by atoms with Crippen molar-refractivity contribution < 1.29 is 17.9 Å². The summed E-state index contributed by atoms with van der Waals surface area (Å²) < 4.78 is 32.6. The maximum absolute atomic E-state index is 13.7. The lowest BCUT2D eigenvalue weighted by Gasteiger charge is -2.10. The predicted octanol–water partition coefficient (Wildman–Crippen LogP) is 5.76. The summed E-state index contributed by atoms with van der Waals surface area (Å²) in [7, 11) is -2.47. The molecule has 34 heavy (non-hydrogen) atoms. The molecule has 0 saturated heterocycles. The van der Waals surface area contributed by atoms with Crippen LogP contribution in [-0.2, 0) is 9.84 Å². The first-order valence-corrected chi connectivity index (χ1v) is 12.8. The summed E-state index contributed by atoms with van der Waals surface area (Å²) in [6.07, 6.45) is 0. The molecule has 0 aliphatic rings. The van der Waals surface area contributed by atoms with Gasteiger partial charge in [0.15, 0.2) is 0 Å². The number of thiophene rings is 1. The van der Waals surface area contributed by atoms with Gasteiger partial charge in [-0.05, 0) is 38.1 Å². The highest BCUT2D eigenvalue weighted by molar-refractivity contribution is 7.92. The normalized spacial score (nSPS) is 11.3. The number of hydrogen-bond acceptors (Lipinski definition) is 7. The Bertz CT molecular complexity index is 1460. The fraction of sp³-hybridized carbons (Fsp3) is 0.115. The summed E-state index contributed by atoms with van der Waals surface area (Å²) >= 11 is 1.02. The highest BCUT2D eigenvalue weighted by Gasteiger charge is 2.31. The Morgan fingerprint density at radius 3 is 2.18 bits per heavy atom. The van der Waals surface area contributed by atoms with Crippen LogP contribution in [0.4, 0.5) is 16.4 Å². The van der Waals surface area contributed by atoms with E-state index >= 15 is 0 Å². The van der Waals surface area contributed by atoms with Gasteiger partial charge >= 0.3 is 0 Å². The zero-order chi connectivity index (χ0) is 24.5. The van der Waals surface area contributed by atoms with Crippen LogP contribution in [0, 0.1) is 13.8 Å². The number of methoxy groups -OCH3 is 1. The number of carbonyl (C=O) groups excluding carboxylic acids is 1. The van der Waals surface area contributed by atoms with Crippen LogP contribution in [0.5, 0.6) is 5.75 Å². The van der Waals surface area contributed by atoms with Crippen molar-refractivity contribution in [1.29, 1.82) is 0 Å². The third-order valence-electron chi connectivity index (χ3n) is 5.35. The van der Waals surface area contributed by atoms with E-state index in [2.05, 4.69) is 5.32 Å². The molecule has 1 aromatic heterocycles. The quantitative estimate of drug-likeness (QED) is 0.318. The number of nitrogens with two attached hydrogens (primary N) is 1. The zero-order valence-corrected chi connectivity index (χ0v) is 20.6. The van der Waals surface area contributed by atoms with Crippen LogP contribution in [0.1, 0.15) is 26.4 Å². The fourth-order valence-electron chi connectivity index (χ4n) is 3.45. The molecule has 0 bridgehead atoms. The molecule has 0 amide bonds. The van der Waals surface area contributed by atoms with Crippen molar-refractivity contribution in [2.45, 2.75) is 23.6 Å². The number of nitrogens with one attached hydrogen (secondary N) is 1. The average Bonchev–Trinajstić information content (AvgIpc) is 3.15. The van der Waals surface area contributed by atoms with E-state index in [1.807, 2.05) is 26.0 Å². The van der Waals surface area contributed by atoms with Crippen molar-refractivity contribution in [2.24, 2.45) is 0 Å². The van der Waals surface area contributed by atoms with Crippen molar-refractivity contribution in [3.8, 4) is 5.75 Å². The Hall–Kier alpha value is -3.62. The van der Waals surface area contributed by atoms with E-state index < -0.39 is 9.84 Å². The van der Waals surface area contributed by atoms with Gasteiger partial charge in [0.1, 0.15) is 20.5 Å². The monoisotopic (exact) mass is 492 g/mol. The van der Waals surface area contributed by atoms with E-state index in [9.17, 15) is 13.2 Å². The molecule has 0 aliphatic heterocycles. The maximum atomic E-state index is 13.7. The smallest absolute Gasteiger partial charge is 0.211 e. The number of hydrogen-bond donors (Lipinski definition) is 2. The Kier molecular flexibility index (Phi) is 6.45. The van der Waals surface area contributed by atoms with Crippen LogP contribution in [0.3, 0.4) is 0 Å². The molecular formula is C26H24N2O4S2. The first-order valence-electron chi connectivity index (χ1n) is 10.5.